The molecule has 1 unspecified atom stereocenters. The number of nitrogens with zero attached hydrogens (tertiary/aromatic N) is 1. The molecule has 1 heterocycles. The maximum absolute atomic E-state index is 12.5. The van der Waals surface area contributed by atoms with Crippen LogP contribution < -0.4 is 10.0 Å². The van der Waals surface area contributed by atoms with E-state index in [4.69, 9.17) is 0 Å². The fourth-order valence-corrected chi connectivity index (χ4v) is 3.54. The zero-order chi connectivity index (χ0) is 19.5. The maximum Gasteiger partial charge on any atom is 0.401 e. The summed E-state index contributed by atoms with van der Waals surface area (Å²) in [7, 11) is -1.35. The first-order valence-corrected chi connectivity index (χ1v) is 9.25. The fourth-order valence-electron chi connectivity index (χ4n) is 2.78. The van der Waals surface area contributed by atoms with Crippen molar-refractivity contribution in [3.8, 4) is 0 Å². The summed E-state index contributed by atoms with van der Waals surface area (Å²) in [5.41, 5.74) is 0.309. The van der Waals surface area contributed by atoms with Gasteiger partial charge in [0.25, 0.3) is 0 Å². The number of methoxy groups -OCH3 is 1. The second-order valence-corrected chi connectivity index (χ2v) is 7.77. The number of benzene rings is 1. The molecule has 11 heteroatoms. The highest BCUT2D eigenvalue weighted by Gasteiger charge is 2.34. The molecular weight excluding hydrogens is 375 g/mol. The van der Waals surface area contributed by atoms with E-state index in [1.165, 1.54) is 30.1 Å². The van der Waals surface area contributed by atoms with Crippen molar-refractivity contribution in [3.05, 3.63) is 23.8 Å². The normalized spacial score (nSPS) is 18.7. The van der Waals surface area contributed by atoms with Gasteiger partial charge in [-0.15, -0.1) is 0 Å². The Hall–Kier alpha value is -1.85. The number of carbonyl (C=O) groups excluding carboxylic acids is 1. The number of ether oxygens (including phenoxy) is 1. The van der Waals surface area contributed by atoms with Gasteiger partial charge in [-0.05, 0) is 31.7 Å². The SMILES string of the molecule is CNS(=O)(=O)c1ccc(NC2CCN(CC(F)(F)F)C2)c(C(=O)OC)c1. The van der Waals surface area contributed by atoms with Crippen molar-refractivity contribution in [3.63, 3.8) is 0 Å². The Morgan fingerprint density at radius 1 is 1.38 bits per heavy atom. The third-order valence-corrected chi connectivity index (χ3v) is 5.42. The summed E-state index contributed by atoms with van der Waals surface area (Å²) in [6, 6.07) is 3.58. The van der Waals surface area contributed by atoms with Crippen LogP contribution in [0, 0.1) is 0 Å². The van der Waals surface area contributed by atoms with Crippen LogP contribution in [0.15, 0.2) is 23.1 Å². The number of hydrogen-bond acceptors (Lipinski definition) is 6. The summed E-state index contributed by atoms with van der Waals surface area (Å²) in [4.78, 5) is 13.1. The van der Waals surface area contributed by atoms with Gasteiger partial charge in [-0.3, -0.25) is 4.90 Å². The fraction of sp³-hybridized carbons (Fsp3) is 0.533. The van der Waals surface area contributed by atoms with Crippen LogP contribution in [0.3, 0.4) is 0 Å². The van der Waals surface area contributed by atoms with Gasteiger partial charge in [0, 0.05) is 24.8 Å². The number of hydrogen-bond donors (Lipinski definition) is 2. The number of halogens is 3. The van der Waals surface area contributed by atoms with E-state index in [0.717, 1.165) is 7.11 Å². The van der Waals surface area contributed by atoms with Crippen LogP contribution in [0.25, 0.3) is 0 Å². The Bertz CT molecular complexity index is 768. The molecule has 1 aliphatic heterocycles. The molecule has 0 saturated carbocycles. The van der Waals surface area contributed by atoms with Crippen LogP contribution in [0.5, 0.6) is 0 Å². The highest BCUT2D eigenvalue weighted by molar-refractivity contribution is 7.89. The molecular formula is C15H20F3N3O4S. The first kappa shape index (κ1) is 20.5. The maximum atomic E-state index is 12.5. The number of anilines is 1. The Morgan fingerprint density at radius 2 is 2.08 bits per heavy atom. The van der Waals surface area contributed by atoms with E-state index >= 15 is 0 Å². The van der Waals surface area contributed by atoms with Crippen LogP contribution in [0.2, 0.25) is 0 Å². The van der Waals surface area contributed by atoms with Crippen LogP contribution in [-0.2, 0) is 14.8 Å². The zero-order valence-corrected chi connectivity index (χ0v) is 15.1. The predicted molar refractivity (Wildman–Crippen MR) is 88.5 cm³/mol. The number of esters is 1. The summed E-state index contributed by atoms with van der Waals surface area (Å²) in [6.07, 6.45) is -3.80. The van der Waals surface area contributed by atoms with E-state index in [-0.39, 0.29) is 29.6 Å². The minimum atomic E-state index is -4.27. The van der Waals surface area contributed by atoms with Gasteiger partial charge in [-0.25, -0.2) is 17.9 Å². The lowest BCUT2D eigenvalue weighted by molar-refractivity contribution is -0.143. The lowest BCUT2D eigenvalue weighted by Crippen LogP contribution is -2.34. The van der Waals surface area contributed by atoms with E-state index in [9.17, 15) is 26.4 Å². The third-order valence-electron chi connectivity index (χ3n) is 4.01. The largest absolute Gasteiger partial charge is 0.465 e. The molecule has 0 aliphatic carbocycles. The number of nitrogens with one attached hydrogen (secondary N) is 2. The van der Waals surface area contributed by atoms with Crippen molar-refractivity contribution in [2.45, 2.75) is 23.5 Å². The standard InChI is InChI=1S/C15H20F3N3O4S/c1-19-26(23,24)11-3-4-13(12(7-11)14(22)25-2)20-10-5-6-21(8-10)9-15(16,17)18/h3-4,7,10,19-20H,5-6,8-9H2,1-2H3. The number of rotatable bonds is 6. The molecule has 0 aromatic heterocycles. The van der Waals surface area contributed by atoms with Gasteiger partial charge >= 0.3 is 12.1 Å². The van der Waals surface area contributed by atoms with E-state index in [1.54, 1.807) is 0 Å². The van der Waals surface area contributed by atoms with Crippen molar-refractivity contribution in [1.82, 2.24) is 9.62 Å². The molecule has 1 aromatic rings. The first-order valence-electron chi connectivity index (χ1n) is 7.77. The molecule has 0 amide bonds. The molecule has 1 atom stereocenters. The molecule has 1 fully saturated rings. The van der Waals surface area contributed by atoms with Gasteiger partial charge in [-0.2, -0.15) is 13.2 Å². The molecule has 146 valence electrons. The average molecular weight is 395 g/mol. The Balaban J connectivity index is 2.20. The lowest BCUT2D eigenvalue weighted by Gasteiger charge is -2.20. The Kier molecular flexibility index (Phi) is 6.14. The highest BCUT2D eigenvalue weighted by atomic mass is 32.2. The minimum absolute atomic E-state index is 0.00176. The Labute approximate surface area is 149 Å². The van der Waals surface area contributed by atoms with E-state index in [0.29, 0.717) is 12.1 Å². The molecule has 0 radical (unpaired) electrons. The molecule has 1 aliphatic rings. The van der Waals surface area contributed by atoms with Gasteiger partial charge in [0.1, 0.15) is 0 Å². The van der Waals surface area contributed by atoms with Crippen molar-refractivity contribution in [1.29, 1.82) is 0 Å². The first-order chi connectivity index (χ1) is 12.1. The van der Waals surface area contributed by atoms with E-state index in [1.807, 2.05) is 0 Å². The molecule has 2 rings (SSSR count). The molecule has 1 aromatic carbocycles. The third kappa shape index (κ3) is 5.08. The van der Waals surface area contributed by atoms with Gasteiger partial charge in [0.05, 0.1) is 24.1 Å². The number of alkyl halides is 3. The number of likely N-dealkylation sites (tertiary alicyclic amines) is 1. The average Bonchev–Trinajstić information content (AvgIpc) is 2.99. The van der Waals surface area contributed by atoms with Gasteiger partial charge in [0.15, 0.2) is 0 Å². The smallest absolute Gasteiger partial charge is 0.401 e. The minimum Gasteiger partial charge on any atom is -0.465 e. The number of carbonyl (C=O) groups is 1. The molecule has 1 saturated heterocycles. The van der Waals surface area contributed by atoms with Gasteiger partial charge in [0.2, 0.25) is 10.0 Å². The quantitative estimate of drug-likeness (QED) is 0.709. The monoisotopic (exact) mass is 395 g/mol. The van der Waals surface area contributed by atoms with Crippen LogP contribution in [0.4, 0.5) is 18.9 Å². The Morgan fingerprint density at radius 3 is 2.65 bits per heavy atom. The summed E-state index contributed by atoms with van der Waals surface area (Å²) >= 11 is 0. The second-order valence-electron chi connectivity index (χ2n) is 5.89. The van der Waals surface area contributed by atoms with Gasteiger partial charge < -0.3 is 10.1 Å². The zero-order valence-electron chi connectivity index (χ0n) is 14.3. The van der Waals surface area contributed by atoms with Crippen molar-refractivity contribution in [2.24, 2.45) is 0 Å². The highest BCUT2D eigenvalue weighted by Crippen LogP contribution is 2.25. The van der Waals surface area contributed by atoms with Crippen molar-refractivity contribution < 1.29 is 31.1 Å². The molecule has 7 nitrogen and oxygen atoms in total. The lowest BCUT2D eigenvalue weighted by atomic mass is 10.1. The van der Waals surface area contributed by atoms with Crippen LogP contribution in [-0.4, -0.2) is 65.3 Å². The summed E-state index contributed by atoms with van der Waals surface area (Å²) in [6.45, 7) is -0.554. The van der Waals surface area contributed by atoms with Crippen molar-refractivity contribution >= 4 is 21.7 Å². The van der Waals surface area contributed by atoms with Crippen LogP contribution >= 0.6 is 0 Å². The number of sulfonamides is 1. The summed E-state index contributed by atoms with van der Waals surface area (Å²) < 4.78 is 68.1. The van der Waals surface area contributed by atoms with Crippen LogP contribution in [0.1, 0.15) is 16.8 Å². The summed E-state index contributed by atoms with van der Waals surface area (Å²) in [5.74, 6) is -0.745. The second kappa shape index (κ2) is 7.80. The van der Waals surface area contributed by atoms with E-state index < -0.39 is 28.7 Å². The molecule has 26 heavy (non-hydrogen) atoms. The predicted octanol–water partition coefficient (Wildman–Crippen LogP) is 1.43. The summed E-state index contributed by atoms with van der Waals surface area (Å²) in [5, 5.41) is 3.01. The van der Waals surface area contributed by atoms with Gasteiger partial charge in [-0.1, -0.05) is 0 Å². The molecule has 0 spiro atoms. The molecule has 2 N–H and O–H groups in total. The van der Waals surface area contributed by atoms with Crippen molar-refractivity contribution in [2.75, 3.05) is 39.1 Å². The topological polar surface area (TPSA) is 87.7 Å². The molecule has 0 bridgehead atoms. The van der Waals surface area contributed by atoms with E-state index in [2.05, 4.69) is 14.8 Å².